The van der Waals surface area contributed by atoms with Gasteiger partial charge in [-0.1, -0.05) is 18.2 Å². The number of aromatic nitrogens is 2. The quantitative estimate of drug-likeness (QED) is 0.626. The summed E-state index contributed by atoms with van der Waals surface area (Å²) in [6.07, 6.45) is -5.01. The van der Waals surface area contributed by atoms with Gasteiger partial charge in [0.05, 0.1) is 22.4 Å². The number of benzene rings is 2. The number of amides is 1. The second-order valence-corrected chi connectivity index (χ2v) is 6.76. The van der Waals surface area contributed by atoms with E-state index >= 15 is 0 Å². The van der Waals surface area contributed by atoms with Crippen LogP contribution in [0.2, 0.25) is 0 Å². The minimum atomic E-state index is -5.01. The first-order chi connectivity index (χ1) is 13.8. The smallest absolute Gasteiger partial charge is 0.368 e. The van der Waals surface area contributed by atoms with E-state index in [1.54, 1.807) is 6.07 Å². The van der Waals surface area contributed by atoms with Gasteiger partial charge >= 0.3 is 17.8 Å². The molecule has 0 unspecified atom stereocenters. The van der Waals surface area contributed by atoms with Gasteiger partial charge in [0.25, 0.3) is 0 Å². The fourth-order valence-electron chi connectivity index (χ4n) is 3.47. The highest BCUT2D eigenvalue weighted by atomic mass is 19.4. The molecule has 2 heterocycles. The van der Waals surface area contributed by atoms with E-state index in [9.17, 15) is 22.8 Å². The van der Waals surface area contributed by atoms with Crippen LogP contribution in [0, 0.1) is 0 Å². The number of hydrogen-bond donors (Lipinski definition) is 3. The zero-order chi connectivity index (χ0) is 20.6. The highest BCUT2D eigenvalue weighted by Gasteiger charge is 2.39. The average Bonchev–Trinajstić information content (AvgIpc) is 3.06. The van der Waals surface area contributed by atoms with Crippen molar-refractivity contribution in [1.82, 2.24) is 9.97 Å². The maximum Gasteiger partial charge on any atom is 0.471 e. The van der Waals surface area contributed by atoms with E-state index in [1.165, 1.54) is 6.07 Å². The summed E-state index contributed by atoms with van der Waals surface area (Å²) in [5, 5.41) is 1.94. The molecule has 7 nitrogen and oxygen atoms in total. The van der Waals surface area contributed by atoms with Crippen molar-refractivity contribution in [3.05, 3.63) is 52.9 Å². The molecular weight excluding hydrogens is 387 g/mol. The van der Waals surface area contributed by atoms with Gasteiger partial charge in [-0.15, -0.1) is 0 Å². The minimum absolute atomic E-state index is 0.00300. The zero-order valence-electron chi connectivity index (χ0n) is 15.2. The lowest BCUT2D eigenvalue weighted by molar-refractivity contribution is -0.167. The molecular formula is C19H18F3N5O2. The van der Waals surface area contributed by atoms with Gasteiger partial charge in [0, 0.05) is 31.9 Å². The second-order valence-electron chi connectivity index (χ2n) is 6.76. The van der Waals surface area contributed by atoms with Crippen LogP contribution in [0.3, 0.4) is 0 Å². The van der Waals surface area contributed by atoms with E-state index in [4.69, 9.17) is 0 Å². The summed E-state index contributed by atoms with van der Waals surface area (Å²) >= 11 is 0. The predicted octanol–water partition coefficient (Wildman–Crippen LogP) is 2.68. The highest BCUT2D eigenvalue weighted by Crippen LogP contribution is 2.32. The Balaban J connectivity index is 1.62. The lowest BCUT2D eigenvalue weighted by Crippen LogP contribution is -2.46. The molecule has 0 atom stereocenters. The fraction of sp³-hybridized carbons (Fsp3) is 0.263. The molecule has 2 aromatic carbocycles. The Morgan fingerprint density at radius 1 is 0.931 bits per heavy atom. The Morgan fingerprint density at radius 3 is 2.14 bits per heavy atom. The first-order valence-corrected chi connectivity index (χ1v) is 9.00. The largest absolute Gasteiger partial charge is 0.471 e. The number of nitrogens with zero attached hydrogens (tertiary/aromatic N) is 2. The summed E-state index contributed by atoms with van der Waals surface area (Å²) in [7, 11) is 0. The third-order valence-electron chi connectivity index (χ3n) is 4.88. The van der Waals surface area contributed by atoms with Crippen LogP contribution in [-0.4, -0.2) is 48.2 Å². The molecule has 0 spiro atoms. The lowest BCUT2D eigenvalue weighted by Gasteiger charge is -2.38. The average molecular weight is 405 g/mol. The van der Waals surface area contributed by atoms with E-state index in [0.717, 1.165) is 5.69 Å². The van der Waals surface area contributed by atoms with E-state index in [1.807, 2.05) is 40.5 Å². The molecule has 1 saturated heterocycles. The Morgan fingerprint density at radius 2 is 1.52 bits per heavy atom. The number of imidazole rings is 1. The molecule has 0 radical (unpaired) electrons. The van der Waals surface area contributed by atoms with Crippen molar-refractivity contribution in [3.63, 3.8) is 0 Å². The van der Waals surface area contributed by atoms with Crippen molar-refractivity contribution in [2.45, 2.75) is 6.18 Å². The fourth-order valence-corrected chi connectivity index (χ4v) is 3.47. The topological polar surface area (TPSA) is 84.2 Å². The summed E-state index contributed by atoms with van der Waals surface area (Å²) in [6, 6.07) is 12.8. The SMILES string of the molecule is O=C(Nc1cc2[nH]c(=O)[nH]c2cc1N1CCN(c2ccccc2)CC1)C(F)(F)F. The minimum Gasteiger partial charge on any atom is -0.368 e. The number of H-pyrrole nitrogens is 2. The van der Waals surface area contributed by atoms with Crippen LogP contribution in [0.4, 0.5) is 30.2 Å². The number of halogens is 3. The van der Waals surface area contributed by atoms with Crippen LogP contribution in [0.5, 0.6) is 0 Å². The van der Waals surface area contributed by atoms with E-state index in [2.05, 4.69) is 14.9 Å². The van der Waals surface area contributed by atoms with Crippen molar-refractivity contribution in [2.75, 3.05) is 41.3 Å². The Kier molecular flexibility index (Phi) is 4.69. The monoisotopic (exact) mass is 405 g/mol. The van der Waals surface area contributed by atoms with Gasteiger partial charge in [0.15, 0.2) is 0 Å². The van der Waals surface area contributed by atoms with Crippen LogP contribution >= 0.6 is 0 Å². The normalized spacial score (nSPS) is 15.0. The van der Waals surface area contributed by atoms with Crippen molar-refractivity contribution in [1.29, 1.82) is 0 Å². The third kappa shape index (κ3) is 3.91. The summed E-state index contributed by atoms with van der Waals surface area (Å²) < 4.78 is 38.3. The van der Waals surface area contributed by atoms with E-state index in [0.29, 0.717) is 42.9 Å². The standard InChI is InChI=1S/C19H18F3N5O2/c20-19(21,22)17(28)23-15-10-13-14(25-18(29)24-13)11-16(15)27-8-6-26(7-9-27)12-4-2-1-3-5-12/h1-5,10-11H,6-9H2,(H,23,28)(H2,24,25,29). The maximum atomic E-state index is 12.8. The summed E-state index contributed by atoms with van der Waals surface area (Å²) in [4.78, 5) is 32.3. The molecule has 3 N–H and O–H groups in total. The molecule has 0 bridgehead atoms. The molecule has 4 rings (SSSR count). The molecule has 0 saturated carbocycles. The molecule has 1 aromatic heterocycles. The third-order valence-corrected chi connectivity index (χ3v) is 4.88. The molecule has 1 fully saturated rings. The van der Waals surface area contributed by atoms with Gasteiger partial charge in [-0.25, -0.2) is 4.79 Å². The van der Waals surface area contributed by atoms with Crippen LogP contribution in [0.1, 0.15) is 0 Å². The van der Waals surface area contributed by atoms with Gasteiger partial charge < -0.3 is 25.1 Å². The summed E-state index contributed by atoms with van der Waals surface area (Å²) in [6.45, 7) is 2.42. The number of para-hydroxylation sites is 1. The van der Waals surface area contributed by atoms with Crippen LogP contribution in [-0.2, 0) is 4.79 Å². The van der Waals surface area contributed by atoms with E-state index in [-0.39, 0.29) is 5.69 Å². The second kappa shape index (κ2) is 7.19. The van der Waals surface area contributed by atoms with Gasteiger partial charge in [-0.05, 0) is 24.3 Å². The number of anilines is 3. The Bertz CT molecular complexity index is 1080. The van der Waals surface area contributed by atoms with Gasteiger partial charge in [-0.3, -0.25) is 4.79 Å². The predicted molar refractivity (Wildman–Crippen MR) is 104 cm³/mol. The Hall–Kier alpha value is -3.43. The van der Waals surface area contributed by atoms with Crippen molar-refractivity contribution in [3.8, 4) is 0 Å². The van der Waals surface area contributed by atoms with Gasteiger partial charge in [0.1, 0.15) is 0 Å². The van der Waals surface area contributed by atoms with Crippen molar-refractivity contribution >= 4 is 34.0 Å². The Labute approximate surface area is 163 Å². The number of carbonyl (C=O) groups excluding carboxylic acids is 1. The molecule has 152 valence electrons. The van der Waals surface area contributed by atoms with Crippen LogP contribution < -0.4 is 20.8 Å². The number of piperazine rings is 1. The van der Waals surface area contributed by atoms with Crippen molar-refractivity contribution in [2.24, 2.45) is 0 Å². The highest BCUT2D eigenvalue weighted by molar-refractivity contribution is 6.00. The number of carbonyl (C=O) groups is 1. The molecule has 0 aliphatic carbocycles. The van der Waals surface area contributed by atoms with Gasteiger partial charge in [0.2, 0.25) is 0 Å². The van der Waals surface area contributed by atoms with Crippen LogP contribution in [0.15, 0.2) is 47.3 Å². The number of nitrogens with one attached hydrogen (secondary N) is 3. The zero-order valence-corrected chi connectivity index (χ0v) is 15.2. The first kappa shape index (κ1) is 18.9. The molecule has 10 heteroatoms. The lowest BCUT2D eigenvalue weighted by atomic mass is 10.1. The van der Waals surface area contributed by atoms with E-state index < -0.39 is 17.8 Å². The molecule has 29 heavy (non-hydrogen) atoms. The summed E-state index contributed by atoms with van der Waals surface area (Å²) in [5.41, 5.74) is 1.81. The number of aromatic amines is 2. The molecule has 1 aliphatic heterocycles. The number of hydrogen-bond acceptors (Lipinski definition) is 4. The maximum absolute atomic E-state index is 12.8. The first-order valence-electron chi connectivity index (χ1n) is 9.00. The molecule has 3 aromatic rings. The van der Waals surface area contributed by atoms with Crippen LogP contribution in [0.25, 0.3) is 11.0 Å². The number of fused-ring (bicyclic) bond motifs is 1. The number of rotatable bonds is 3. The molecule has 1 amide bonds. The molecule has 1 aliphatic rings. The number of alkyl halides is 3. The van der Waals surface area contributed by atoms with Crippen molar-refractivity contribution < 1.29 is 18.0 Å². The van der Waals surface area contributed by atoms with Gasteiger partial charge in [-0.2, -0.15) is 13.2 Å². The summed E-state index contributed by atoms with van der Waals surface area (Å²) in [5.74, 6) is -2.06.